The third-order valence-electron chi connectivity index (χ3n) is 6.80. The number of halogens is 4. The van der Waals surface area contributed by atoms with Crippen LogP contribution in [0.5, 0.6) is 5.75 Å². The Morgan fingerprint density at radius 1 is 1.34 bits per heavy atom. The molecular formula is C23H23F4N3O5. The summed E-state index contributed by atoms with van der Waals surface area (Å²) in [5, 5.41) is 12.6. The first-order valence-electron chi connectivity index (χ1n) is 10.8. The summed E-state index contributed by atoms with van der Waals surface area (Å²) in [7, 11) is 1.45. The molecule has 0 spiro atoms. The number of fused-ring (bicyclic) bond motifs is 2. The standard InChI is InChI=1S/C23H23F4N3O5/c1-11-17-6-18(23(11,26)27)29(2)19(35-17)9-30-8-14(20(32)21(33)16(30)10-31)22(34)28-7-12-3-4-13(24)5-15(12)25/h3-5,8,10-11,17-19,33H,6-7,9H2,1-2H3,(H,28,34). The number of benzene rings is 1. The van der Waals surface area contributed by atoms with E-state index in [0.29, 0.717) is 6.07 Å². The largest absolute Gasteiger partial charge is 0.503 e. The van der Waals surface area contributed by atoms with Gasteiger partial charge >= 0.3 is 0 Å². The lowest BCUT2D eigenvalue weighted by molar-refractivity contribution is -0.149. The van der Waals surface area contributed by atoms with Gasteiger partial charge in [0.1, 0.15) is 29.1 Å². The van der Waals surface area contributed by atoms with Crippen molar-refractivity contribution in [2.75, 3.05) is 7.05 Å². The molecule has 1 aromatic carbocycles. The minimum atomic E-state index is -2.99. The van der Waals surface area contributed by atoms with E-state index in [0.717, 1.165) is 22.9 Å². The number of likely N-dealkylation sites (N-methyl/N-ethyl adjacent to an activating group) is 1. The van der Waals surface area contributed by atoms with Gasteiger partial charge in [0, 0.05) is 30.3 Å². The van der Waals surface area contributed by atoms with Crippen LogP contribution in [-0.2, 0) is 17.8 Å². The number of carbonyl (C=O) groups excluding carboxylic acids is 2. The number of aromatic nitrogens is 1. The first-order chi connectivity index (χ1) is 16.4. The molecule has 35 heavy (non-hydrogen) atoms. The van der Waals surface area contributed by atoms with Gasteiger partial charge in [0.2, 0.25) is 5.43 Å². The summed E-state index contributed by atoms with van der Waals surface area (Å²) in [5.74, 6) is -7.71. The first kappa shape index (κ1) is 24.9. The lowest BCUT2D eigenvalue weighted by atomic mass is 10.1. The maximum Gasteiger partial charge on any atom is 0.268 e. The van der Waals surface area contributed by atoms with Crippen LogP contribution in [0.4, 0.5) is 17.6 Å². The molecule has 4 atom stereocenters. The molecule has 1 saturated heterocycles. The number of aldehydes is 1. The van der Waals surface area contributed by atoms with Gasteiger partial charge in [-0.15, -0.1) is 0 Å². The second-order valence-corrected chi connectivity index (χ2v) is 8.80. The van der Waals surface area contributed by atoms with E-state index in [-0.39, 0.29) is 31.4 Å². The van der Waals surface area contributed by atoms with Crippen molar-refractivity contribution in [3.05, 3.63) is 63.1 Å². The van der Waals surface area contributed by atoms with Crippen molar-refractivity contribution in [3.63, 3.8) is 0 Å². The number of pyridine rings is 1. The SMILES string of the molecule is CC1C2CC(N(C)C(Cn3cc(C(=O)NCc4ccc(F)cc4F)c(=O)c(O)c3C=O)O2)C1(F)F. The van der Waals surface area contributed by atoms with Gasteiger partial charge in [-0.2, -0.15) is 0 Å². The van der Waals surface area contributed by atoms with Crippen LogP contribution < -0.4 is 10.7 Å². The fraction of sp³-hybridized carbons (Fsp3) is 0.435. The normalized spacial score (nSPS) is 25.4. The molecule has 0 radical (unpaired) electrons. The first-order valence-corrected chi connectivity index (χ1v) is 10.8. The second kappa shape index (κ2) is 9.08. The summed E-state index contributed by atoms with van der Waals surface area (Å²) in [6, 6.07) is 1.66. The molecule has 1 aromatic heterocycles. The van der Waals surface area contributed by atoms with Crippen LogP contribution in [0.3, 0.4) is 0 Å². The number of ether oxygens (including phenoxy) is 1. The van der Waals surface area contributed by atoms with E-state index in [9.17, 15) is 37.1 Å². The minimum Gasteiger partial charge on any atom is -0.503 e. The monoisotopic (exact) mass is 497 g/mol. The maximum atomic E-state index is 14.6. The number of nitrogens with one attached hydrogen (secondary N) is 1. The van der Waals surface area contributed by atoms with Crippen molar-refractivity contribution in [1.29, 1.82) is 0 Å². The van der Waals surface area contributed by atoms with Gasteiger partial charge in [0.25, 0.3) is 11.8 Å². The fourth-order valence-corrected chi connectivity index (χ4v) is 4.62. The Hall–Kier alpha value is -3.25. The summed E-state index contributed by atoms with van der Waals surface area (Å²) < 4.78 is 63.0. The highest BCUT2D eigenvalue weighted by molar-refractivity contribution is 5.95. The predicted molar refractivity (Wildman–Crippen MR) is 114 cm³/mol. The Bertz CT molecular complexity index is 1230. The average molecular weight is 497 g/mol. The van der Waals surface area contributed by atoms with E-state index in [2.05, 4.69) is 5.32 Å². The zero-order valence-electron chi connectivity index (χ0n) is 18.8. The number of aromatic hydroxyl groups is 1. The summed E-state index contributed by atoms with van der Waals surface area (Å²) in [5.41, 5.74) is -2.20. The van der Waals surface area contributed by atoms with Crippen LogP contribution >= 0.6 is 0 Å². The predicted octanol–water partition coefficient (Wildman–Crippen LogP) is 2.27. The molecule has 2 N–H and O–H groups in total. The van der Waals surface area contributed by atoms with Crippen molar-refractivity contribution in [1.82, 2.24) is 14.8 Å². The van der Waals surface area contributed by atoms with E-state index < -0.39 is 70.2 Å². The molecule has 2 aromatic rings. The number of hydrogen-bond donors (Lipinski definition) is 2. The molecule has 1 aliphatic heterocycles. The fourth-order valence-electron chi connectivity index (χ4n) is 4.62. The lowest BCUT2D eigenvalue weighted by Gasteiger charge is -2.39. The number of hydrogen-bond acceptors (Lipinski definition) is 6. The summed E-state index contributed by atoms with van der Waals surface area (Å²) in [4.78, 5) is 38.1. The zero-order chi connectivity index (χ0) is 25.7. The molecule has 4 rings (SSSR count). The van der Waals surface area contributed by atoms with Gasteiger partial charge in [0.15, 0.2) is 12.0 Å². The van der Waals surface area contributed by atoms with E-state index >= 15 is 0 Å². The molecule has 2 aliphatic rings. The Balaban J connectivity index is 1.60. The van der Waals surface area contributed by atoms with E-state index in [1.54, 1.807) is 0 Å². The molecule has 2 bridgehead atoms. The number of rotatable bonds is 6. The van der Waals surface area contributed by atoms with Crippen molar-refractivity contribution < 1.29 is 37.0 Å². The van der Waals surface area contributed by atoms with Gasteiger partial charge in [-0.3, -0.25) is 19.3 Å². The molecule has 188 valence electrons. The van der Waals surface area contributed by atoms with Crippen molar-refractivity contribution >= 4 is 12.2 Å². The highest BCUT2D eigenvalue weighted by Crippen LogP contribution is 2.48. The molecule has 1 amide bonds. The van der Waals surface area contributed by atoms with Gasteiger partial charge in [-0.1, -0.05) is 13.0 Å². The van der Waals surface area contributed by atoms with Crippen LogP contribution in [0.1, 0.15) is 39.8 Å². The third kappa shape index (κ3) is 4.31. The molecule has 1 aliphatic carbocycles. The summed E-state index contributed by atoms with van der Waals surface area (Å²) in [6.45, 7) is 0.780. The van der Waals surface area contributed by atoms with Gasteiger partial charge < -0.3 is 19.7 Å². The molecule has 8 nitrogen and oxygen atoms in total. The summed E-state index contributed by atoms with van der Waals surface area (Å²) >= 11 is 0. The number of amides is 1. The van der Waals surface area contributed by atoms with Crippen molar-refractivity contribution in [2.45, 2.75) is 50.7 Å². The molecule has 12 heteroatoms. The minimum absolute atomic E-state index is 0.0448. The van der Waals surface area contributed by atoms with Gasteiger partial charge in [0.05, 0.1) is 18.7 Å². The van der Waals surface area contributed by atoms with Gasteiger partial charge in [-0.25, -0.2) is 17.6 Å². The highest BCUT2D eigenvalue weighted by atomic mass is 19.3. The zero-order valence-corrected chi connectivity index (χ0v) is 18.8. The Labute approximate surface area is 197 Å². The topological polar surface area (TPSA) is 101 Å². The second-order valence-electron chi connectivity index (χ2n) is 8.80. The van der Waals surface area contributed by atoms with Crippen LogP contribution in [0.15, 0.2) is 29.2 Å². The molecule has 2 fully saturated rings. The Morgan fingerprint density at radius 3 is 2.71 bits per heavy atom. The quantitative estimate of drug-likeness (QED) is 0.469. The van der Waals surface area contributed by atoms with E-state index in [1.165, 1.54) is 18.9 Å². The molecule has 4 unspecified atom stereocenters. The van der Waals surface area contributed by atoms with Crippen LogP contribution in [-0.4, -0.2) is 58.1 Å². The lowest BCUT2D eigenvalue weighted by Crippen LogP contribution is -2.52. The van der Waals surface area contributed by atoms with Gasteiger partial charge in [-0.05, 0) is 19.5 Å². The molecule has 2 heterocycles. The van der Waals surface area contributed by atoms with Crippen LogP contribution in [0.25, 0.3) is 0 Å². The average Bonchev–Trinajstić information content (AvgIpc) is 2.99. The molecule has 1 saturated carbocycles. The smallest absolute Gasteiger partial charge is 0.268 e. The highest BCUT2D eigenvalue weighted by Gasteiger charge is 2.61. The summed E-state index contributed by atoms with van der Waals surface area (Å²) in [6.07, 6.45) is -0.306. The van der Waals surface area contributed by atoms with Crippen molar-refractivity contribution in [2.24, 2.45) is 5.92 Å². The van der Waals surface area contributed by atoms with Crippen molar-refractivity contribution in [3.8, 4) is 5.75 Å². The Kier molecular flexibility index (Phi) is 6.45. The van der Waals surface area contributed by atoms with E-state index in [4.69, 9.17) is 4.74 Å². The number of carbonyl (C=O) groups is 2. The van der Waals surface area contributed by atoms with Crippen LogP contribution in [0, 0.1) is 17.6 Å². The van der Waals surface area contributed by atoms with E-state index in [1.807, 2.05) is 0 Å². The third-order valence-corrected chi connectivity index (χ3v) is 6.80. The molecular weight excluding hydrogens is 474 g/mol. The maximum absolute atomic E-state index is 14.6. The number of nitrogens with zero attached hydrogens (tertiary/aromatic N) is 2. The number of alkyl halides is 2. The van der Waals surface area contributed by atoms with Crippen LogP contribution in [0.2, 0.25) is 0 Å². The Morgan fingerprint density at radius 2 is 2.06 bits per heavy atom.